The van der Waals surface area contributed by atoms with Crippen molar-refractivity contribution in [1.82, 2.24) is 5.43 Å². The number of hydrogen-bond donors (Lipinski definition) is 2. The van der Waals surface area contributed by atoms with Crippen LogP contribution in [0, 0.1) is 5.82 Å². The van der Waals surface area contributed by atoms with Gasteiger partial charge in [0.25, 0.3) is 0 Å². The van der Waals surface area contributed by atoms with Gasteiger partial charge in [-0.05, 0) is 73.7 Å². The monoisotopic (exact) mass is 426 g/mol. The molecule has 0 saturated carbocycles. The predicted octanol–water partition coefficient (Wildman–Crippen LogP) is 4.81. The Labute approximate surface area is 136 Å². The Morgan fingerprint density at radius 1 is 1.37 bits per heavy atom. The minimum atomic E-state index is -0.305. The minimum absolute atomic E-state index is 0.142. The standard InChI is InChI=1S/C12H10Br2ClFN2S/c13-11-5-8(12(14)19-11)10(18-17)4-6-3-7(16)1-2-9(6)15/h1-3,5,10,18H,4,17H2. The quantitative estimate of drug-likeness (QED) is 0.542. The average molecular weight is 429 g/mol. The van der Waals surface area contributed by atoms with Crippen LogP contribution in [-0.2, 0) is 6.42 Å². The van der Waals surface area contributed by atoms with E-state index in [2.05, 4.69) is 37.3 Å². The smallest absolute Gasteiger partial charge is 0.123 e. The van der Waals surface area contributed by atoms with E-state index in [0.717, 1.165) is 18.7 Å². The molecule has 1 unspecified atom stereocenters. The third-order valence-corrected chi connectivity index (χ3v) is 5.45. The summed E-state index contributed by atoms with van der Waals surface area (Å²) in [5, 5.41) is 0.534. The van der Waals surface area contributed by atoms with E-state index in [9.17, 15) is 4.39 Å². The fraction of sp³-hybridized carbons (Fsp3) is 0.167. The number of hydrogen-bond acceptors (Lipinski definition) is 3. The third-order valence-electron chi connectivity index (χ3n) is 2.69. The largest absolute Gasteiger partial charge is 0.271 e. The van der Waals surface area contributed by atoms with Crippen LogP contribution in [0.3, 0.4) is 0 Å². The van der Waals surface area contributed by atoms with Gasteiger partial charge in [-0.3, -0.25) is 11.3 Å². The normalized spacial score (nSPS) is 12.7. The zero-order chi connectivity index (χ0) is 14.0. The van der Waals surface area contributed by atoms with E-state index in [4.69, 9.17) is 17.4 Å². The molecule has 0 aliphatic heterocycles. The molecular formula is C12H10Br2ClFN2S. The molecule has 0 bridgehead atoms. The number of rotatable bonds is 4. The first-order valence-corrected chi connectivity index (χ1v) is 8.14. The topological polar surface area (TPSA) is 38.0 Å². The molecule has 0 spiro atoms. The average Bonchev–Trinajstić information content (AvgIpc) is 2.69. The van der Waals surface area contributed by atoms with E-state index in [1.54, 1.807) is 17.4 Å². The summed E-state index contributed by atoms with van der Waals surface area (Å²) in [4.78, 5) is 0. The summed E-state index contributed by atoms with van der Waals surface area (Å²) in [6.07, 6.45) is 0.509. The van der Waals surface area contributed by atoms with Crippen LogP contribution in [0.5, 0.6) is 0 Å². The van der Waals surface area contributed by atoms with Gasteiger partial charge in [-0.1, -0.05) is 11.6 Å². The number of nitrogens with one attached hydrogen (secondary N) is 1. The zero-order valence-electron chi connectivity index (χ0n) is 9.59. The molecule has 1 atom stereocenters. The van der Waals surface area contributed by atoms with Gasteiger partial charge in [0.1, 0.15) is 5.82 Å². The van der Waals surface area contributed by atoms with Crippen LogP contribution >= 0.6 is 54.8 Å². The third kappa shape index (κ3) is 3.77. The lowest BCUT2D eigenvalue weighted by Gasteiger charge is -2.16. The van der Waals surface area contributed by atoms with E-state index in [-0.39, 0.29) is 11.9 Å². The van der Waals surface area contributed by atoms with Crippen LogP contribution in [0.1, 0.15) is 17.2 Å². The molecule has 2 nitrogen and oxygen atoms in total. The molecule has 3 N–H and O–H groups in total. The van der Waals surface area contributed by atoms with Crippen molar-refractivity contribution in [2.24, 2.45) is 5.84 Å². The van der Waals surface area contributed by atoms with E-state index < -0.39 is 0 Å². The summed E-state index contributed by atoms with van der Waals surface area (Å²) < 4.78 is 15.2. The number of halogens is 4. The van der Waals surface area contributed by atoms with Crippen molar-refractivity contribution in [3.8, 4) is 0 Å². The number of thiophene rings is 1. The molecule has 0 fully saturated rings. The van der Waals surface area contributed by atoms with Gasteiger partial charge in [-0.25, -0.2) is 4.39 Å². The highest BCUT2D eigenvalue weighted by Gasteiger charge is 2.18. The number of hydrazine groups is 1. The van der Waals surface area contributed by atoms with Gasteiger partial charge in [-0.15, -0.1) is 11.3 Å². The van der Waals surface area contributed by atoms with Crippen molar-refractivity contribution in [2.75, 3.05) is 0 Å². The van der Waals surface area contributed by atoms with Gasteiger partial charge in [0, 0.05) is 5.02 Å². The molecule has 102 valence electrons. The molecule has 19 heavy (non-hydrogen) atoms. The van der Waals surface area contributed by atoms with Crippen LogP contribution < -0.4 is 11.3 Å². The summed E-state index contributed by atoms with van der Waals surface area (Å²) in [5.41, 5.74) is 4.48. The Balaban J connectivity index is 2.29. The lowest BCUT2D eigenvalue weighted by molar-refractivity contribution is 0.548. The maximum atomic E-state index is 13.3. The predicted molar refractivity (Wildman–Crippen MR) is 84.9 cm³/mol. The van der Waals surface area contributed by atoms with Crippen LogP contribution in [0.2, 0.25) is 5.02 Å². The molecule has 1 aromatic heterocycles. The van der Waals surface area contributed by atoms with Crippen LogP contribution in [0.15, 0.2) is 31.8 Å². The van der Waals surface area contributed by atoms with E-state index >= 15 is 0 Å². The molecule has 0 radical (unpaired) electrons. The highest BCUT2D eigenvalue weighted by Crippen LogP contribution is 2.37. The van der Waals surface area contributed by atoms with Crippen LogP contribution in [0.4, 0.5) is 4.39 Å². The fourth-order valence-electron chi connectivity index (χ4n) is 1.77. The zero-order valence-corrected chi connectivity index (χ0v) is 14.3. The summed E-state index contributed by atoms with van der Waals surface area (Å²) in [5.74, 6) is 5.30. The SMILES string of the molecule is NNC(Cc1cc(F)ccc1Cl)c1cc(Br)sc1Br. The Kier molecular flexibility index (Phi) is 5.39. The molecule has 2 aromatic rings. The van der Waals surface area contributed by atoms with Gasteiger partial charge in [0.2, 0.25) is 0 Å². The van der Waals surface area contributed by atoms with E-state index in [1.807, 2.05) is 6.07 Å². The maximum Gasteiger partial charge on any atom is 0.123 e. The fourth-order valence-corrected chi connectivity index (χ4v) is 4.94. The number of benzene rings is 1. The molecule has 2 rings (SSSR count). The lowest BCUT2D eigenvalue weighted by atomic mass is 10.0. The minimum Gasteiger partial charge on any atom is -0.271 e. The molecule has 1 heterocycles. The second-order valence-corrected chi connectivity index (χ2v) is 8.10. The summed E-state index contributed by atoms with van der Waals surface area (Å²) in [7, 11) is 0. The molecule has 0 saturated heterocycles. The second kappa shape index (κ2) is 6.65. The van der Waals surface area contributed by atoms with Crippen molar-refractivity contribution in [1.29, 1.82) is 0 Å². The van der Waals surface area contributed by atoms with Crippen molar-refractivity contribution in [3.05, 3.63) is 53.8 Å². The van der Waals surface area contributed by atoms with Crippen molar-refractivity contribution < 1.29 is 4.39 Å². The van der Waals surface area contributed by atoms with Gasteiger partial charge in [0.15, 0.2) is 0 Å². The molecule has 0 aliphatic rings. The van der Waals surface area contributed by atoms with Gasteiger partial charge < -0.3 is 0 Å². The van der Waals surface area contributed by atoms with Crippen LogP contribution in [0.25, 0.3) is 0 Å². The van der Waals surface area contributed by atoms with Crippen molar-refractivity contribution in [2.45, 2.75) is 12.5 Å². The van der Waals surface area contributed by atoms with Crippen molar-refractivity contribution in [3.63, 3.8) is 0 Å². The summed E-state index contributed by atoms with van der Waals surface area (Å²) in [6.45, 7) is 0. The molecular weight excluding hydrogens is 418 g/mol. The molecule has 1 aromatic carbocycles. The maximum absolute atomic E-state index is 13.3. The summed E-state index contributed by atoms with van der Waals surface area (Å²) in [6, 6.07) is 6.16. The van der Waals surface area contributed by atoms with Gasteiger partial charge in [-0.2, -0.15) is 0 Å². The second-order valence-electron chi connectivity index (χ2n) is 3.94. The van der Waals surface area contributed by atoms with Gasteiger partial charge >= 0.3 is 0 Å². The molecule has 0 aliphatic carbocycles. The number of nitrogens with two attached hydrogens (primary N) is 1. The van der Waals surface area contributed by atoms with Crippen LogP contribution in [-0.4, -0.2) is 0 Å². The first-order chi connectivity index (χ1) is 9.01. The summed E-state index contributed by atoms with van der Waals surface area (Å²) >= 11 is 14.6. The lowest BCUT2D eigenvalue weighted by Crippen LogP contribution is -2.29. The first-order valence-electron chi connectivity index (χ1n) is 5.36. The Hall–Kier alpha value is 0.0200. The molecule has 0 amide bonds. The Morgan fingerprint density at radius 2 is 2.11 bits per heavy atom. The highest BCUT2D eigenvalue weighted by atomic mass is 79.9. The highest BCUT2D eigenvalue weighted by molar-refractivity contribution is 9.12. The van der Waals surface area contributed by atoms with Gasteiger partial charge in [0.05, 0.1) is 13.6 Å². The Bertz CT molecular complexity index is 591. The molecule has 7 heteroatoms. The Morgan fingerprint density at radius 3 is 2.68 bits per heavy atom. The van der Waals surface area contributed by atoms with E-state index in [0.29, 0.717) is 11.4 Å². The van der Waals surface area contributed by atoms with E-state index in [1.165, 1.54) is 12.1 Å². The first kappa shape index (κ1) is 15.4. The van der Waals surface area contributed by atoms with Crippen molar-refractivity contribution >= 4 is 54.8 Å².